The summed E-state index contributed by atoms with van der Waals surface area (Å²) >= 11 is 0. The quantitative estimate of drug-likeness (QED) is 0.611. The lowest BCUT2D eigenvalue weighted by Crippen LogP contribution is -2.28. The average Bonchev–Trinajstić information content (AvgIpc) is 2.32. The fraction of sp³-hybridized carbons (Fsp3) is 0.733. The largest absolute Gasteiger partial charge is 0.473 e. The van der Waals surface area contributed by atoms with E-state index in [4.69, 9.17) is 4.74 Å². The molecule has 1 rings (SSSR count). The maximum atomic E-state index is 11.4. The molecule has 0 spiro atoms. The van der Waals surface area contributed by atoms with Crippen molar-refractivity contribution in [2.45, 2.75) is 59.9 Å². The minimum absolute atomic E-state index is 0.0456. The van der Waals surface area contributed by atoms with Crippen LogP contribution in [-0.4, -0.2) is 27.0 Å². The number of hydrogen-bond acceptors (Lipinski definition) is 6. The topological polar surface area (TPSA) is 90.2 Å². The molecular weight excluding hydrogens is 284 g/mol. The Morgan fingerprint density at radius 3 is 2.41 bits per heavy atom. The smallest absolute Gasteiger partial charge is 0.372 e. The van der Waals surface area contributed by atoms with Crippen LogP contribution in [0.25, 0.3) is 0 Å². The fourth-order valence-corrected chi connectivity index (χ4v) is 1.84. The first-order valence-corrected chi connectivity index (χ1v) is 7.60. The van der Waals surface area contributed by atoms with E-state index in [1.54, 1.807) is 0 Å². The first-order valence-electron chi connectivity index (χ1n) is 7.60. The summed E-state index contributed by atoms with van der Waals surface area (Å²) in [7, 11) is 0. The summed E-state index contributed by atoms with van der Waals surface area (Å²) in [5.41, 5.74) is -0.549. The van der Waals surface area contributed by atoms with Crippen LogP contribution in [-0.2, 0) is 6.42 Å². The summed E-state index contributed by atoms with van der Waals surface area (Å²) in [6.07, 6.45) is 1.39. The molecule has 22 heavy (non-hydrogen) atoms. The zero-order chi connectivity index (χ0) is 16.9. The van der Waals surface area contributed by atoms with Crippen molar-refractivity contribution in [3.8, 4) is 5.88 Å². The molecule has 0 amide bonds. The van der Waals surface area contributed by atoms with Gasteiger partial charge in [-0.3, -0.25) is 10.1 Å². The third kappa shape index (κ3) is 5.46. The first-order chi connectivity index (χ1) is 10.1. The Labute approximate surface area is 131 Å². The van der Waals surface area contributed by atoms with Crippen LogP contribution in [0.3, 0.4) is 0 Å². The molecule has 0 unspecified atom stereocenters. The molecule has 0 aliphatic rings. The lowest BCUT2D eigenvalue weighted by molar-refractivity contribution is -0.385. The summed E-state index contributed by atoms with van der Waals surface area (Å²) in [5, 5.41) is 14.5. The number of ether oxygens (including phenoxy) is 1. The van der Waals surface area contributed by atoms with Crippen molar-refractivity contribution >= 4 is 11.5 Å². The predicted molar refractivity (Wildman–Crippen MR) is 86.4 cm³/mol. The number of anilines is 1. The van der Waals surface area contributed by atoms with E-state index in [9.17, 15) is 10.1 Å². The van der Waals surface area contributed by atoms with Crippen LogP contribution in [0.15, 0.2) is 0 Å². The minimum Gasteiger partial charge on any atom is -0.473 e. The third-order valence-corrected chi connectivity index (χ3v) is 2.61. The van der Waals surface area contributed by atoms with Gasteiger partial charge in [0.1, 0.15) is 5.82 Å². The van der Waals surface area contributed by atoms with Gasteiger partial charge in [-0.25, -0.2) is 4.98 Å². The van der Waals surface area contributed by atoms with Gasteiger partial charge in [-0.1, -0.05) is 20.8 Å². The molecule has 0 fully saturated rings. The second-order valence-corrected chi connectivity index (χ2v) is 6.72. The third-order valence-electron chi connectivity index (χ3n) is 2.61. The molecule has 124 valence electrons. The maximum absolute atomic E-state index is 11.4. The van der Waals surface area contributed by atoms with Crippen LogP contribution in [0.2, 0.25) is 0 Å². The fourth-order valence-electron chi connectivity index (χ4n) is 1.84. The molecule has 1 heterocycles. The Bertz CT molecular complexity index is 524. The Morgan fingerprint density at radius 1 is 1.32 bits per heavy atom. The lowest BCUT2D eigenvalue weighted by atomic mass is 10.1. The Kier molecular flexibility index (Phi) is 6.08. The van der Waals surface area contributed by atoms with Crippen molar-refractivity contribution in [3.63, 3.8) is 0 Å². The van der Waals surface area contributed by atoms with Gasteiger partial charge >= 0.3 is 5.69 Å². The van der Waals surface area contributed by atoms with Crippen molar-refractivity contribution in [2.75, 3.05) is 11.9 Å². The molecule has 0 saturated heterocycles. The van der Waals surface area contributed by atoms with E-state index >= 15 is 0 Å². The van der Waals surface area contributed by atoms with Crippen LogP contribution < -0.4 is 10.1 Å². The minimum atomic E-state index is -0.488. The van der Waals surface area contributed by atoms with E-state index in [1.807, 2.05) is 41.5 Å². The van der Waals surface area contributed by atoms with Crippen LogP contribution in [0.1, 0.15) is 53.8 Å². The van der Waals surface area contributed by atoms with E-state index in [0.717, 1.165) is 6.42 Å². The normalized spacial score (nSPS) is 11.6. The SMILES string of the molecule is CCCOc1nc(CC(C)C)nc(NC(C)(C)C)c1[N+](=O)[O-]. The van der Waals surface area contributed by atoms with Crippen LogP contribution in [0, 0.1) is 16.0 Å². The zero-order valence-corrected chi connectivity index (χ0v) is 14.3. The molecule has 7 heteroatoms. The van der Waals surface area contributed by atoms with Gasteiger partial charge in [-0.15, -0.1) is 0 Å². The van der Waals surface area contributed by atoms with Crippen molar-refractivity contribution in [3.05, 3.63) is 15.9 Å². The average molecular weight is 310 g/mol. The molecule has 1 aromatic rings. The molecule has 0 aromatic carbocycles. The summed E-state index contributed by atoms with van der Waals surface area (Å²) in [6.45, 7) is 12.2. The van der Waals surface area contributed by atoms with Crippen LogP contribution in [0.4, 0.5) is 11.5 Å². The lowest BCUT2D eigenvalue weighted by Gasteiger charge is -2.22. The molecule has 1 N–H and O–H groups in total. The van der Waals surface area contributed by atoms with E-state index in [0.29, 0.717) is 24.8 Å². The molecule has 0 saturated carbocycles. The monoisotopic (exact) mass is 310 g/mol. The zero-order valence-electron chi connectivity index (χ0n) is 14.3. The molecule has 0 aliphatic carbocycles. The summed E-state index contributed by atoms with van der Waals surface area (Å²) in [4.78, 5) is 19.5. The number of aromatic nitrogens is 2. The van der Waals surface area contributed by atoms with Crippen molar-refractivity contribution in [2.24, 2.45) is 5.92 Å². The van der Waals surface area contributed by atoms with Gasteiger partial charge in [0, 0.05) is 12.0 Å². The van der Waals surface area contributed by atoms with Gasteiger partial charge < -0.3 is 10.1 Å². The van der Waals surface area contributed by atoms with Crippen molar-refractivity contribution in [1.29, 1.82) is 0 Å². The predicted octanol–water partition coefficient (Wildman–Crippen LogP) is 3.58. The molecule has 1 aromatic heterocycles. The van der Waals surface area contributed by atoms with Gasteiger partial charge in [0.25, 0.3) is 5.88 Å². The van der Waals surface area contributed by atoms with E-state index in [2.05, 4.69) is 15.3 Å². The second kappa shape index (κ2) is 7.38. The van der Waals surface area contributed by atoms with Gasteiger partial charge in [0.05, 0.1) is 11.5 Å². The van der Waals surface area contributed by atoms with E-state index < -0.39 is 4.92 Å². The Hall–Kier alpha value is -1.92. The number of nitrogens with zero attached hydrogens (tertiary/aromatic N) is 3. The molecule has 7 nitrogen and oxygen atoms in total. The van der Waals surface area contributed by atoms with Gasteiger partial charge in [-0.05, 0) is 33.1 Å². The van der Waals surface area contributed by atoms with Crippen LogP contribution >= 0.6 is 0 Å². The number of nitrogens with one attached hydrogen (secondary N) is 1. The molecule has 0 bridgehead atoms. The number of nitro groups is 1. The van der Waals surface area contributed by atoms with Gasteiger partial charge in [0.15, 0.2) is 0 Å². The highest BCUT2D eigenvalue weighted by molar-refractivity contribution is 5.62. The highest BCUT2D eigenvalue weighted by atomic mass is 16.6. The number of hydrogen-bond donors (Lipinski definition) is 1. The molecule has 0 radical (unpaired) electrons. The Morgan fingerprint density at radius 2 is 1.95 bits per heavy atom. The summed E-state index contributed by atoms with van der Waals surface area (Å²) < 4.78 is 5.49. The first kappa shape index (κ1) is 18.1. The standard InChI is InChI=1S/C15H26N4O3/c1-7-8-22-14-12(19(20)21)13(18-15(4,5)6)16-11(17-14)9-10(2)3/h10H,7-9H2,1-6H3,(H,16,17,18). The van der Waals surface area contributed by atoms with E-state index in [1.165, 1.54) is 0 Å². The summed E-state index contributed by atoms with van der Waals surface area (Å²) in [5.74, 6) is 1.17. The highest BCUT2D eigenvalue weighted by Crippen LogP contribution is 2.34. The van der Waals surface area contributed by atoms with Crippen LogP contribution in [0.5, 0.6) is 5.88 Å². The maximum Gasteiger partial charge on any atom is 0.372 e. The Balaban J connectivity index is 3.37. The van der Waals surface area contributed by atoms with Gasteiger partial charge in [-0.2, -0.15) is 4.98 Å². The summed E-state index contributed by atoms with van der Waals surface area (Å²) in [6, 6.07) is 0. The second-order valence-electron chi connectivity index (χ2n) is 6.72. The highest BCUT2D eigenvalue weighted by Gasteiger charge is 2.28. The number of rotatable bonds is 7. The van der Waals surface area contributed by atoms with Crippen molar-refractivity contribution in [1.82, 2.24) is 9.97 Å². The van der Waals surface area contributed by atoms with Gasteiger partial charge in [0.2, 0.25) is 5.82 Å². The molecule has 0 atom stereocenters. The van der Waals surface area contributed by atoms with E-state index in [-0.39, 0.29) is 22.9 Å². The molecular formula is C15H26N4O3. The van der Waals surface area contributed by atoms with Crippen molar-refractivity contribution < 1.29 is 9.66 Å². The molecule has 0 aliphatic heterocycles.